The Hall–Kier alpha value is -1.11. The second-order valence-electron chi connectivity index (χ2n) is 4.45. The normalized spacial score (nSPS) is 11.3. The Morgan fingerprint density at radius 3 is 2.42 bits per heavy atom. The quantitative estimate of drug-likeness (QED) is 0.578. The van der Waals surface area contributed by atoms with Crippen LogP contribution in [0.3, 0.4) is 0 Å². The van der Waals surface area contributed by atoms with Gasteiger partial charge in [-0.15, -0.1) is 0 Å². The Balaban J connectivity index is 2.21. The van der Waals surface area contributed by atoms with E-state index >= 15 is 0 Å². The fourth-order valence-corrected chi connectivity index (χ4v) is 1.42. The molecule has 0 fully saturated rings. The van der Waals surface area contributed by atoms with Gasteiger partial charge in [-0.25, -0.2) is 13.2 Å². The summed E-state index contributed by atoms with van der Waals surface area (Å²) in [6, 6.07) is 1.42. The number of rotatable bonds is 8. The summed E-state index contributed by atoms with van der Waals surface area (Å²) in [7, 11) is 3.90. The maximum absolute atomic E-state index is 13.3. The van der Waals surface area contributed by atoms with E-state index in [0.717, 1.165) is 12.6 Å². The van der Waals surface area contributed by atoms with Gasteiger partial charge >= 0.3 is 0 Å². The summed E-state index contributed by atoms with van der Waals surface area (Å²) in [5, 5.41) is 2.91. The highest BCUT2D eigenvalue weighted by molar-refractivity contribution is 5.19. The summed E-state index contributed by atoms with van der Waals surface area (Å²) in [4.78, 5) is 2.00. The minimum atomic E-state index is -1.17. The topological polar surface area (TPSA) is 24.5 Å². The second-order valence-corrected chi connectivity index (χ2v) is 4.45. The molecule has 1 aromatic carbocycles. The van der Waals surface area contributed by atoms with Crippen molar-refractivity contribution in [3.05, 3.63) is 35.1 Å². The number of benzene rings is 1. The Kier molecular flexibility index (Phi) is 6.83. The average molecular weight is 276 g/mol. The van der Waals surface area contributed by atoms with Gasteiger partial charge in [-0.1, -0.05) is 0 Å². The largest absolute Gasteiger partial charge is 0.379 e. The third kappa shape index (κ3) is 6.04. The summed E-state index contributed by atoms with van der Waals surface area (Å²) in [6.07, 6.45) is 0. The predicted octanol–water partition coefficient (Wildman–Crippen LogP) is 1.77. The summed E-state index contributed by atoms with van der Waals surface area (Å²) >= 11 is 0. The van der Waals surface area contributed by atoms with E-state index in [2.05, 4.69) is 5.32 Å². The van der Waals surface area contributed by atoms with Crippen LogP contribution in [0.15, 0.2) is 12.1 Å². The van der Waals surface area contributed by atoms with Gasteiger partial charge in [-0.2, -0.15) is 0 Å². The van der Waals surface area contributed by atoms with Crippen LogP contribution in [0.5, 0.6) is 0 Å². The molecule has 0 aliphatic rings. The molecule has 0 aliphatic carbocycles. The smallest absolute Gasteiger partial charge is 0.161 e. The molecule has 0 radical (unpaired) electrons. The summed E-state index contributed by atoms with van der Waals surface area (Å²) < 4.78 is 44.2. The van der Waals surface area contributed by atoms with Gasteiger partial charge in [0.2, 0.25) is 0 Å². The molecule has 0 atom stereocenters. The monoisotopic (exact) mass is 276 g/mol. The molecule has 3 nitrogen and oxygen atoms in total. The van der Waals surface area contributed by atoms with E-state index < -0.39 is 17.5 Å². The van der Waals surface area contributed by atoms with Gasteiger partial charge in [0.15, 0.2) is 11.6 Å². The molecule has 0 bridgehead atoms. The van der Waals surface area contributed by atoms with Crippen LogP contribution in [-0.2, 0) is 11.3 Å². The van der Waals surface area contributed by atoms with Crippen molar-refractivity contribution >= 4 is 0 Å². The van der Waals surface area contributed by atoms with E-state index in [0.29, 0.717) is 25.8 Å². The summed E-state index contributed by atoms with van der Waals surface area (Å²) in [6.45, 7) is 2.59. The molecule has 108 valence electrons. The summed E-state index contributed by atoms with van der Waals surface area (Å²) in [5.41, 5.74) is 0.104. The Bertz CT molecular complexity index is 400. The van der Waals surface area contributed by atoms with Gasteiger partial charge in [0.25, 0.3) is 0 Å². The van der Waals surface area contributed by atoms with Gasteiger partial charge in [0.05, 0.1) is 13.2 Å². The van der Waals surface area contributed by atoms with Crippen LogP contribution >= 0.6 is 0 Å². The highest BCUT2D eigenvalue weighted by atomic mass is 19.2. The predicted molar refractivity (Wildman–Crippen MR) is 67.4 cm³/mol. The van der Waals surface area contributed by atoms with E-state index in [1.165, 1.54) is 0 Å². The van der Waals surface area contributed by atoms with Crippen molar-refractivity contribution in [3.8, 4) is 0 Å². The van der Waals surface area contributed by atoms with Gasteiger partial charge in [-0.3, -0.25) is 0 Å². The van der Waals surface area contributed by atoms with E-state index in [1.54, 1.807) is 0 Å². The van der Waals surface area contributed by atoms with Gasteiger partial charge in [0, 0.05) is 31.3 Å². The van der Waals surface area contributed by atoms with Crippen molar-refractivity contribution in [2.45, 2.75) is 6.54 Å². The fourth-order valence-electron chi connectivity index (χ4n) is 1.42. The third-order valence-electron chi connectivity index (χ3n) is 2.51. The molecule has 1 aromatic rings. The van der Waals surface area contributed by atoms with Crippen molar-refractivity contribution < 1.29 is 17.9 Å². The van der Waals surface area contributed by atoms with Crippen molar-refractivity contribution in [3.63, 3.8) is 0 Å². The fraction of sp³-hybridized carbons (Fsp3) is 0.538. The third-order valence-corrected chi connectivity index (χ3v) is 2.51. The van der Waals surface area contributed by atoms with E-state index in [4.69, 9.17) is 4.74 Å². The molecule has 1 N–H and O–H groups in total. The second kappa shape index (κ2) is 8.14. The van der Waals surface area contributed by atoms with Gasteiger partial charge in [-0.05, 0) is 20.2 Å². The van der Waals surface area contributed by atoms with Crippen LogP contribution < -0.4 is 5.32 Å². The first-order chi connectivity index (χ1) is 9.00. The van der Waals surface area contributed by atoms with Gasteiger partial charge < -0.3 is 15.0 Å². The van der Waals surface area contributed by atoms with E-state index in [1.807, 2.05) is 19.0 Å². The maximum atomic E-state index is 13.3. The molecule has 0 saturated carbocycles. The lowest BCUT2D eigenvalue weighted by Crippen LogP contribution is -2.23. The standard InChI is InChI=1S/C13H19F3N2O/c1-18(2)4-6-19-5-3-17-9-10-7-12(15)13(16)8-11(10)14/h7-8,17H,3-6,9H2,1-2H3. The Morgan fingerprint density at radius 1 is 1.05 bits per heavy atom. The van der Waals surface area contributed by atoms with Crippen LogP contribution in [0.2, 0.25) is 0 Å². The van der Waals surface area contributed by atoms with Crippen LogP contribution in [0.25, 0.3) is 0 Å². The minimum Gasteiger partial charge on any atom is -0.379 e. The van der Waals surface area contributed by atoms with Crippen molar-refractivity contribution in [2.24, 2.45) is 0 Å². The first-order valence-electron chi connectivity index (χ1n) is 6.07. The Labute approximate surface area is 111 Å². The first-order valence-corrected chi connectivity index (χ1v) is 6.07. The lowest BCUT2D eigenvalue weighted by atomic mass is 10.2. The van der Waals surface area contributed by atoms with Crippen molar-refractivity contribution in [2.75, 3.05) is 40.4 Å². The number of hydrogen-bond donors (Lipinski definition) is 1. The van der Waals surface area contributed by atoms with Gasteiger partial charge in [0.1, 0.15) is 5.82 Å². The molecular formula is C13H19F3N2O. The Morgan fingerprint density at radius 2 is 1.74 bits per heavy atom. The average Bonchev–Trinajstić information content (AvgIpc) is 2.33. The highest BCUT2D eigenvalue weighted by Crippen LogP contribution is 2.13. The molecule has 0 aliphatic heterocycles. The molecule has 0 heterocycles. The molecule has 0 spiro atoms. The number of ether oxygens (including phenoxy) is 1. The molecule has 0 aromatic heterocycles. The highest BCUT2D eigenvalue weighted by Gasteiger charge is 2.08. The number of halogens is 3. The van der Waals surface area contributed by atoms with Crippen LogP contribution in [0.4, 0.5) is 13.2 Å². The van der Waals surface area contributed by atoms with Crippen molar-refractivity contribution in [1.29, 1.82) is 0 Å². The molecule has 1 rings (SSSR count). The number of nitrogens with one attached hydrogen (secondary N) is 1. The molecule has 6 heteroatoms. The molecule has 19 heavy (non-hydrogen) atoms. The van der Waals surface area contributed by atoms with Crippen molar-refractivity contribution in [1.82, 2.24) is 10.2 Å². The van der Waals surface area contributed by atoms with E-state index in [9.17, 15) is 13.2 Å². The van der Waals surface area contributed by atoms with E-state index in [-0.39, 0.29) is 12.1 Å². The lowest BCUT2D eigenvalue weighted by molar-refractivity contribution is 0.119. The first kappa shape index (κ1) is 15.9. The number of likely N-dealkylation sites (N-methyl/N-ethyl adjacent to an activating group) is 1. The summed E-state index contributed by atoms with van der Waals surface area (Å²) in [5.74, 6) is -2.96. The maximum Gasteiger partial charge on any atom is 0.161 e. The van der Waals surface area contributed by atoms with Crippen LogP contribution in [0.1, 0.15) is 5.56 Å². The van der Waals surface area contributed by atoms with Crippen LogP contribution in [-0.4, -0.2) is 45.3 Å². The number of hydrogen-bond acceptors (Lipinski definition) is 3. The zero-order chi connectivity index (χ0) is 14.3. The SMILES string of the molecule is CN(C)CCOCCNCc1cc(F)c(F)cc1F. The molecule has 0 saturated heterocycles. The zero-order valence-corrected chi connectivity index (χ0v) is 11.2. The lowest BCUT2D eigenvalue weighted by Gasteiger charge is -2.10. The molecular weight excluding hydrogens is 257 g/mol. The van der Waals surface area contributed by atoms with Crippen LogP contribution in [0, 0.1) is 17.5 Å². The minimum absolute atomic E-state index is 0.104. The molecule has 0 amide bonds. The molecule has 0 unspecified atom stereocenters. The number of nitrogens with zero attached hydrogens (tertiary/aromatic N) is 1. The zero-order valence-electron chi connectivity index (χ0n) is 11.2.